The molecular formula is C17H27NO3. The predicted molar refractivity (Wildman–Crippen MR) is 84.3 cm³/mol. The van der Waals surface area contributed by atoms with Crippen molar-refractivity contribution in [1.82, 2.24) is 5.32 Å². The second-order valence-electron chi connectivity index (χ2n) is 5.84. The lowest BCUT2D eigenvalue weighted by molar-refractivity contribution is -0.122. The zero-order valence-corrected chi connectivity index (χ0v) is 13.4. The van der Waals surface area contributed by atoms with Crippen molar-refractivity contribution in [2.75, 3.05) is 13.7 Å². The molecule has 0 fully saturated rings. The molecule has 21 heavy (non-hydrogen) atoms. The number of benzene rings is 1. The number of hydrogen-bond donors (Lipinski definition) is 2. The number of hydrogen-bond acceptors (Lipinski definition) is 3. The van der Waals surface area contributed by atoms with Crippen LogP contribution in [-0.2, 0) is 11.2 Å². The summed E-state index contributed by atoms with van der Waals surface area (Å²) in [6.45, 7) is 5.98. The minimum absolute atomic E-state index is 0.0130. The standard InChI is InChI=1S/C17H27NO3/c1-12(9-15-7-5-6-8-16(15)21-4)10-17(20)18-14(3)13(2)11-19/h5-8,12-14,19H,9-11H2,1-4H3,(H,18,20). The van der Waals surface area contributed by atoms with Gasteiger partial charge >= 0.3 is 0 Å². The lowest BCUT2D eigenvalue weighted by atomic mass is 9.96. The van der Waals surface area contributed by atoms with Gasteiger partial charge in [0.25, 0.3) is 0 Å². The van der Waals surface area contributed by atoms with Crippen LogP contribution in [0, 0.1) is 11.8 Å². The number of para-hydroxylation sites is 1. The van der Waals surface area contributed by atoms with Crippen molar-refractivity contribution in [3.63, 3.8) is 0 Å². The van der Waals surface area contributed by atoms with Crippen LogP contribution in [0.5, 0.6) is 5.75 Å². The van der Waals surface area contributed by atoms with Crippen LogP contribution >= 0.6 is 0 Å². The monoisotopic (exact) mass is 293 g/mol. The number of nitrogens with one attached hydrogen (secondary N) is 1. The third-order valence-corrected chi connectivity index (χ3v) is 3.82. The van der Waals surface area contributed by atoms with Gasteiger partial charge in [0.2, 0.25) is 5.91 Å². The van der Waals surface area contributed by atoms with Crippen molar-refractivity contribution in [1.29, 1.82) is 0 Å². The van der Waals surface area contributed by atoms with Crippen LogP contribution in [0.1, 0.15) is 32.8 Å². The quantitative estimate of drug-likeness (QED) is 0.774. The first-order chi connectivity index (χ1) is 9.97. The van der Waals surface area contributed by atoms with Crippen LogP contribution in [0.4, 0.5) is 0 Å². The van der Waals surface area contributed by atoms with E-state index in [1.807, 2.05) is 38.1 Å². The Labute approximate surface area is 127 Å². The van der Waals surface area contributed by atoms with Gasteiger partial charge in [0.1, 0.15) is 5.75 Å². The fourth-order valence-electron chi connectivity index (χ4n) is 2.25. The number of rotatable bonds is 8. The average Bonchev–Trinajstić information content (AvgIpc) is 2.46. The molecule has 1 rings (SSSR count). The Morgan fingerprint density at radius 2 is 1.95 bits per heavy atom. The molecule has 118 valence electrons. The van der Waals surface area contributed by atoms with Gasteiger partial charge in [0.05, 0.1) is 7.11 Å². The molecule has 0 aliphatic rings. The molecule has 0 radical (unpaired) electrons. The first kappa shape index (κ1) is 17.5. The summed E-state index contributed by atoms with van der Waals surface area (Å²) in [5, 5.41) is 12.0. The van der Waals surface area contributed by atoms with Crippen molar-refractivity contribution in [2.24, 2.45) is 11.8 Å². The molecular weight excluding hydrogens is 266 g/mol. The van der Waals surface area contributed by atoms with Gasteiger partial charge in [0.15, 0.2) is 0 Å². The molecule has 0 spiro atoms. The lowest BCUT2D eigenvalue weighted by Gasteiger charge is -2.20. The Kier molecular flexibility index (Phi) is 7.23. The van der Waals surface area contributed by atoms with Crippen LogP contribution in [0.2, 0.25) is 0 Å². The molecule has 4 nitrogen and oxygen atoms in total. The lowest BCUT2D eigenvalue weighted by Crippen LogP contribution is -2.39. The van der Waals surface area contributed by atoms with Crippen LogP contribution in [-0.4, -0.2) is 30.8 Å². The SMILES string of the molecule is COc1ccccc1CC(C)CC(=O)NC(C)C(C)CO. The minimum atomic E-state index is -0.0130. The molecule has 0 aromatic heterocycles. The molecule has 1 aromatic carbocycles. The zero-order chi connectivity index (χ0) is 15.8. The van der Waals surface area contributed by atoms with Crippen molar-refractivity contribution in [3.05, 3.63) is 29.8 Å². The smallest absolute Gasteiger partial charge is 0.220 e. The largest absolute Gasteiger partial charge is 0.496 e. The van der Waals surface area contributed by atoms with E-state index in [0.717, 1.165) is 17.7 Å². The summed E-state index contributed by atoms with van der Waals surface area (Å²) in [4.78, 5) is 12.0. The number of amides is 1. The highest BCUT2D eigenvalue weighted by atomic mass is 16.5. The zero-order valence-electron chi connectivity index (χ0n) is 13.4. The normalized spacial score (nSPS) is 15.1. The first-order valence-corrected chi connectivity index (χ1v) is 7.50. The van der Waals surface area contributed by atoms with Crippen LogP contribution < -0.4 is 10.1 Å². The topological polar surface area (TPSA) is 58.6 Å². The average molecular weight is 293 g/mol. The van der Waals surface area contributed by atoms with Gasteiger partial charge in [-0.15, -0.1) is 0 Å². The second-order valence-corrected chi connectivity index (χ2v) is 5.84. The summed E-state index contributed by atoms with van der Waals surface area (Å²) in [6, 6.07) is 7.88. The number of aliphatic hydroxyl groups excluding tert-OH is 1. The molecule has 0 saturated heterocycles. The van der Waals surface area contributed by atoms with E-state index in [0.29, 0.717) is 6.42 Å². The molecule has 3 unspecified atom stereocenters. The number of aliphatic hydroxyl groups is 1. The van der Waals surface area contributed by atoms with Crippen molar-refractivity contribution in [3.8, 4) is 5.75 Å². The van der Waals surface area contributed by atoms with Gasteiger partial charge in [-0.1, -0.05) is 32.0 Å². The summed E-state index contributed by atoms with van der Waals surface area (Å²) >= 11 is 0. The summed E-state index contributed by atoms with van der Waals surface area (Å²) in [5.74, 6) is 1.20. The van der Waals surface area contributed by atoms with Gasteiger partial charge in [-0.3, -0.25) is 4.79 Å². The Balaban J connectivity index is 2.49. The molecule has 2 N–H and O–H groups in total. The fourth-order valence-corrected chi connectivity index (χ4v) is 2.25. The first-order valence-electron chi connectivity index (χ1n) is 7.50. The predicted octanol–water partition coefficient (Wildman–Crippen LogP) is 2.40. The molecule has 0 heterocycles. The summed E-state index contributed by atoms with van der Waals surface area (Å²) in [7, 11) is 1.66. The van der Waals surface area contributed by atoms with Gasteiger partial charge in [-0.05, 0) is 36.8 Å². The van der Waals surface area contributed by atoms with Gasteiger partial charge < -0.3 is 15.2 Å². The molecule has 0 saturated carbocycles. The maximum absolute atomic E-state index is 12.0. The Bertz CT molecular complexity index is 447. The minimum Gasteiger partial charge on any atom is -0.496 e. The number of carbonyl (C=O) groups excluding carboxylic acids is 1. The highest BCUT2D eigenvalue weighted by Gasteiger charge is 2.16. The third kappa shape index (κ3) is 5.76. The van der Waals surface area contributed by atoms with E-state index in [9.17, 15) is 4.79 Å². The molecule has 1 amide bonds. The van der Waals surface area contributed by atoms with E-state index in [1.165, 1.54) is 0 Å². The van der Waals surface area contributed by atoms with E-state index < -0.39 is 0 Å². The molecule has 4 heteroatoms. The van der Waals surface area contributed by atoms with Crippen molar-refractivity contribution < 1.29 is 14.6 Å². The fraction of sp³-hybridized carbons (Fsp3) is 0.588. The number of carbonyl (C=O) groups is 1. The number of methoxy groups -OCH3 is 1. The molecule has 0 aliphatic heterocycles. The summed E-state index contributed by atoms with van der Waals surface area (Å²) < 4.78 is 5.33. The molecule has 0 aliphatic carbocycles. The second kappa shape index (κ2) is 8.67. The van der Waals surface area contributed by atoms with E-state index in [4.69, 9.17) is 9.84 Å². The van der Waals surface area contributed by atoms with Crippen LogP contribution in [0.25, 0.3) is 0 Å². The molecule has 1 aromatic rings. The third-order valence-electron chi connectivity index (χ3n) is 3.82. The van der Waals surface area contributed by atoms with E-state index in [2.05, 4.69) is 12.2 Å². The van der Waals surface area contributed by atoms with Gasteiger partial charge in [-0.25, -0.2) is 0 Å². The van der Waals surface area contributed by atoms with Crippen LogP contribution in [0.3, 0.4) is 0 Å². The Morgan fingerprint density at radius 3 is 2.57 bits per heavy atom. The molecule has 3 atom stereocenters. The Hall–Kier alpha value is -1.55. The highest BCUT2D eigenvalue weighted by Crippen LogP contribution is 2.22. The van der Waals surface area contributed by atoms with E-state index in [-0.39, 0.29) is 30.4 Å². The maximum Gasteiger partial charge on any atom is 0.220 e. The highest BCUT2D eigenvalue weighted by molar-refractivity contribution is 5.76. The summed E-state index contributed by atoms with van der Waals surface area (Å²) in [5.41, 5.74) is 1.12. The van der Waals surface area contributed by atoms with E-state index in [1.54, 1.807) is 7.11 Å². The van der Waals surface area contributed by atoms with Gasteiger partial charge in [-0.2, -0.15) is 0 Å². The summed E-state index contributed by atoms with van der Waals surface area (Å²) in [6.07, 6.45) is 1.28. The number of ether oxygens (including phenoxy) is 1. The van der Waals surface area contributed by atoms with Gasteiger partial charge in [0, 0.05) is 19.1 Å². The molecule has 0 bridgehead atoms. The van der Waals surface area contributed by atoms with Crippen LogP contribution in [0.15, 0.2) is 24.3 Å². The Morgan fingerprint density at radius 1 is 1.29 bits per heavy atom. The van der Waals surface area contributed by atoms with Crippen molar-refractivity contribution in [2.45, 2.75) is 39.7 Å². The van der Waals surface area contributed by atoms with Crippen molar-refractivity contribution >= 4 is 5.91 Å². The maximum atomic E-state index is 12.0. The van der Waals surface area contributed by atoms with E-state index >= 15 is 0 Å².